The second kappa shape index (κ2) is 5.59. The molecule has 0 radical (unpaired) electrons. The SMILES string of the molecule is CC(C)(C)OC(=O)N1CCCCC1Cn1cncn1. The summed E-state index contributed by atoms with van der Waals surface area (Å²) in [7, 11) is 0. The minimum Gasteiger partial charge on any atom is -0.444 e. The van der Waals surface area contributed by atoms with Crippen molar-refractivity contribution in [1.82, 2.24) is 19.7 Å². The van der Waals surface area contributed by atoms with Gasteiger partial charge in [0.15, 0.2) is 0 Å². The fourth-order valence-corrected chi connectivity index (χ4v) is 2.29. The molecule has 1 fully saturated rings. The maximum atomic E-state index is 12.2. The Morgan fingerprint density at radius 2 is 2.21 bits per heavy atom. The van der Waals surface area contributed by atoms with Gasteiger partial charge in [0.2, 0.25) is 0 Å². The maximum Gasteiger partial charge on any atom is 0.410 e. The summed E-state index contributed by atoms with van der Waals surface area (Å²) in [5, 5.41) is 4.11. The van der Waals surface area contributed by atoms with Gasteiger partial charge in [-0.05, 0) is 40.0 Å². The summed E-state index contributed by atoms with van der Waals surface area (Å²) in [6.07, 6.45) is 6.13. The second-order valence-electron chi connectivity index (χ2n) is 5.94. The van der Waals surface area contributed by atoms with Crippen LogP contribution in [0.25, 0.3) is 0 Å². The summed E-state index contributed by atoms with van der Waals surface area (Å²) >= 11 is 0. The molecule has 0 bridgehead atoms. The first-order valence-electron chi connectivity index (χ1n) is 6.78. The van der Waals surface area contributed by atoms with Crippen molar-refractivity contribution in [3.8, 4) is 0 Å². The summed E-state index contributed by atoms with van der Waals surface area (Å²) in [6.45, 7) is 7.11. The van der Waals surface area contributed by atoms with E-state index in [2.05, 4.69) is 10.1 Å². The van der Waals surface area contributed by atoms with Crippen molar-refractivity contribution in [1.29, 1.82) is 0 Å². The quantitative estimate of drug-likeness (QED) is 0.822. The summed E-state index contributed by atoms with van der Waals surface area (Å²) in [5.41, 5.74) is -0.452. The van der Waals surface area contributed by atoms with Crippen LogP contribution in [-0.2, 0) is 11.3 Å². The lowest BCUT2D eigenvalue weighted by Crippen LogP contribution is -2.47. The monoisotopic (exact) mass is 266 g/mol. The number of hydrogen-bond donors (Lipinski definition) is 0. The molecule has 19 heavy (non-hydrogen) atoms. The van der Waals surface area contributed by atoms with Crippen molar-refractivity contribution < 1.29 is 9.53 Å². The molecule has 1 aliphatic rings. The summed E-state index contributed by atoms with van der Waals surface area (Å²) in [4.78, 5) is 18.0. The van der Waals surface area contributed by atoms with Gasteiger partial charge in [0.05, 0.1) is 12.6 Å². The Hall–Kier alpha value is -1.59. The average molecular weight is 266 g/mol. The van der Waals surface area contributed by atoms with E-state index < -0.39 is 5.60 Å². The van der Waals surface area contributed by atoms with Crippen LogP contribution in [0.5, 0.6) is 0 Å². The van der Waals surface area contributed by atoms with Gasteiger partial charge in [-0.1, -0.05) is 0 Å². The molecule has 1 aliphatic heterocycles. The fourth-order valence-electron chi connectivity index (χ4n) is 2.29. The minimum absolute atomic E-state index is 0.144. The molecule has 0 N–H and O–H groups in total. The van der Waals surface area contributed by atoms with Gasteiger partial charge in [0.1, 0.15) is 18.3 Å². The zero-order chi connectivity index (χ0) is 13.9. The Balaban J connectivity index is 2.01. The number of hydrogen-bond acceptors (Lipinski definition) is 4. The van der Waals surface area contributed by atoms with Crippen molar-refractivity contribution in [2.24, 2.45) is 0 Å². The van der Waals surface area contributed by atoms with Crippen LogP contribution in [0, 0.1) is 0 Å². The van der Waals surface area contributed by atoms with E-state index in [1.165, 1.54) is 6.33 Å². The Kier molecular flexibility index (Phi) is 4.07. The molecule has 0 aromatic carbocycles. The van der Waals surface area contributed by atoms with Gasteiger partial charge in [-0.3, -0.25) is 4.68 Å². The number of carbonyl (C=O) groups excluding carboxylic acids is 1. The normalized spacial score (nSPS) is 20.4. The Morgan fingerprint density at radius 1 is 1.42 bits per heavy atom. The molecular formula is C13H22N4O2. The lowest BCUT2D eigenvalue weighted by Gasteiger charge is -2.36. The van der Waals surface area contributed by atoms with Gasteiger partial charge >= 0.3 is 6.09 Å². The molecule has 0 saturated carbocycles. The van der Waals surface area contributed by atoms with Crippen molar-refractivity contribution in [2.45, 2.75) is 58.2 Å². The lowest BCUT2D eigenvalue weighted by molar-refractivity contribution is 0.00738. The lowest BCUT2D eigenvalue weighted by atomic mass is 10.0. The molecule has 2 heterocycles. The molecule has 1 saturated heterocycles. The molecule has 6 heteroatoms. The third-order valence-corrected chi connectivity index (χ3v) is 3.12. The predicted octanol–water partition coefficient (Wildman–Crippen LogP) is 2.07. The number of aromatic nitrogens is 3. The number of likely N-dealkylation sites (tertiary alicyclic amines) is 1. The highest BCUT2D eigenvalue weighted by atomic mass is 16.6. The summed E-state index contributed by atoms with van der Waals surface area (Å²) < 4.78 is 7.24. The molecule has 1 aromatic rings. The van der Waals surface area contributed by atoms with Crippen LogP contribution in [0.4, 0.5) is 4.79 Å². The molecule has 0 spiro atoms. The van der Waals surface area contributed by atoms with Crippen molar-refractivity contribution in [3.05, 3.63) is 12.7 Å². The average Bonchev–Trinajstić information content (AvgIpc) is 2.80. The molecule has 6 nitrogen and oxygen atoms in total. The van der Waals surface area contributed by atoms with E-state index in [1.54, 1.807) is 11.0 Å². The van der Waals surface area contributed by atoms with Gasteiger partial charge in [0, 0.05) is 6.54 Å². The van der Waals surface area contributed by atoms with Gasteiger partial charge in [0.25, 0.3) is 0 Å². The van der Waals surface area contributed by atoms with Crippen LogP contribution in [0.2, 0.25) is 0 Å². The second-order valence-corrected chi connectivity index (χ2v) is 5.94. The Bertz CT molecular complexity index is 411. The zero-order valence-corrected chi connectivity index (χ0v) is 11.9. The summed E-state index contributed by atoms with van der Waals surface area (Å²) in [6, 6.07) is 0.144. The fraction of sp³-hybridized carbons (Fsp3) is 0.769. The van der Waals surface area contributed by atoms with Crippen molar-refractivity contribution in [3.63, 3.8) is 0 Å². The van der Waals surface area contributed by atoms with Gasteiger partial charge in [-0.25, -0.2) is 9.78 Å². The van der Waals surface area contributed by atoms with Crippen LogP contribution in [0.3, 0.4) is 0 Å². The minimum atomic E-state index is -0.452. The molecule has 1 unspecified atom stereocenters. The molecule has 1 aromatic heterocycles. The molecule has 2 rings (SSSR count). The third-order valence-electron chi connectivity index (χ3n) is 3.12. The first kappa shape index (κ1) is 13.8. The number of nitrogens with zero attached hydrogens (tertiary/aromatic N) is 4. The van der Waals surface area contributed by atoms with Crippen LogP contribution >= 0.6 is 0 Å². The molecule has 106 valence electrons. The van der Waals surface area contributed by atoms with E-state index in [0.717, 1.165) is 25.8 Å². The summed E-state index contributed by atoms with van der Waals surface area (Å²) in [5.74, 6) is 0. The van der Waals surface area contributed by atoms with Crippen molar-refractivity contribution >= 4 is 6.09 Å². The van der Waals surface area contributed by atoms with E-state index in [-0.39, 0.29) is 12.1 Å². The highest BCUT2D eigenvalue weighted by Crippen LogP contribution is 2.21. The molecule has 1 atom stereocenters. The van der Waals surface area contributed by atoms with Gasteiger partial charge in [-0.15, -0.1) is 0 Å². The predicted molar refractivity (Wildman–Crippen MR) is 70.6 cm³/mol. The smallest absolute Gasteiger partial charge is 0.410 e. The first-order valence-corrected chi connectivity index (χ1v) is 6.78. The van der Waals surface area contributed by atoms with Crippen LogP contribution in [0.1, 0.15) is 40.0 Å². The highest BCUT2D eigenvalue weighted by Gasteiger charge is 2.30. The van der Waals surface area contributed by atoms with E-state index >= 15 is 0 Å². The number of rotatable bonds is 2. The molecular weight excluding hydrogens is 244 g/mol. The Labute approximate surface area is 113 Å². The first-order chi connectivity index (χ1) is 8.96. The van der Waals surface area contributed by atoms with E-state index in [0.29, 0.717) is 6.54 Å². The van der Waals surface area contributed by atoms with Crippen LogP contribution in [0.15, 0.2) is 12.7 Å². The third kappa shape index (κ3) is 3.94. The maximum absolute atomic E-state index is 12.2. The van der Waals surface area contributed by atoms with Gasteiger partial charge < -0.3 is 9.64 Å². The van der Waals surface area contributed by atoms with E-state index in [4.69, 9.17) is 4.74 Å². The standard InChI is InChI=1S/C13H22N4O2/c1-13(2,3)19-12(18)17-7-5-4-6-11(17)8-16-10-14-9-15-16/h9-11H,4-8H2,1-3H3. The zero-order valence-electron chi connectivity index (χ0n) is 11.9. The van der Waals surface area contributed by atoms with Gasteiger partial charge in [-0.2, -0.15) is 5.10 Å². The van der Waals surface area contributed by atoms with Crippen molar-refractivity contribution in [2.75, 3.05) is 6.54 Å². The number of carbonyl (C=O) groups is 1. The number of ether oxygens (including phenoxy) is 1. The van der Waals surface area contributed by atoms with E-state index in [1.807, 2.05) is 25.7 Å². The van der Waals surface area contributed by atoms with Crippen LogP contribution in [-0.4, -0.2) is 43.9 Å². The topological polar surface area (TPSA) is 60.2 Å². The Morgan fingerprint density at radius 3 is 2.84 bits per heavy atom. The number of piperidine rings is 1. The number of amides is 1. The molecule has 1 amide bonds. The van der Waals surface area contributed by atoms with Crippen LogP contribution < -0.4 is 0 Å². The molecule has 0 aliphatic carbocycles. The largest absolute Gasteiger partial charge is 0.444 e. The van der Waals surface area contributed by atoms with E-state index in [9.17, 15) is 4.79 Å². The highest BCUT2D eigenvalue weighted by molar-refractivity contribution is 5.68.